The van der Waals surface area contributed by atoms with Crippen molar-refractivity contribution in [2.45, 2.75) is 6.92 Å². The van der Waals surface area contributed by atoms with E-state index in [9.17, 15) is 15.3 Å². The number of nitrogens with two attached hydrogens (primary N) is 1. The van der Waals surface area contributed by atoms with Crippen LogP contribution in [0.4, 0.5) is 5.82 Å². The van der Waals surface area contributed by atoms with Crippen molar-refractivity contribution < 1.29 is 9.47 Å². The highest BCUT2D eigenvalue weighted by atomic mass is 79.9. The molecule has 122 valence electrons. The van der Waals surface area contributed by atoms with Gasteiger partial charge < -0.3 is 20.2 Å². The molecule has 0 saturated heterocycles. The van der Waals surface area contributed by atoms with E-state index < -0.39 is 5.56 Å². The summed E-state index contributed by atoms with van der Waals surface area (Å²) in [5.74, 6) is 0.785. The van der Waals surface area contributed by atoms with Crippen LogP contribution in [0, 0.1) is 22.7 Å². The molecule has 1 aromatic carbocycles. The van der Waals surface area contributed by atoms with Gasteiger partial charge in [0.05, 0.1) is 18.2 Å². The van der Waals surface area contributed by atoms with Gasteiger partial charge in [-0.2, -0.15) is 10.5 Å². The molecule has 0 aliphatic heterocycles. The molecule has 8 heteroatoms. The first-order chi connectivity index (χ1) is 11.5. The number of anilines is 1. The average molecular weight is 389 g/mol. The zero-order valence-electron chi connectivity index (χ0n) is 12.9. The number of nitrogens with one attached hydrogen (secondary N) is 1. The minimum Gasteiger partial charge on any atom is -0.492 e. The number of nitrogen functional groups attached to an aromatic ring is 1. The van der Waals surface area contributed by atoms with Crippen molar-refractivity contribution in [3.8, 4) is 34.8 Å². The number of halogens is 1. The van der Waals surface area contributed by atoms with E-state index in [-0.39, 0.29) is 22.5 Å². The van der Waals surface area contributed by atoms with E-state index in [4.69, 9.17) is 15.2 Å². The van der Waals surface area contributed by atoms with Crippen molar-refractivity contribution in [1.82, 2.24) is 4.98 Å². The van der Waals surface area contributed by atoms with Crippen LogP contribution >= 0.6 is 15.9 Å². The Morgan fingerprint density at radius 1 is 1.29 bits per heavy atom. The first-order valence-corrected chi connectivity index (χ1v) is 7.64. The molecule has 0 radical (unpaired) electrons. The standard InChI is InChI=1S/C16H13BrN4O3/c1-3-24-12-5-8(4-11(17)14(12)23-2)13-9(6-18)15(20)21-16(22)10(13)7-19/h4-5H,3H2,1-2H3,(H3,20,21,22). The van der Waals surface area contributed by atoms with Gasteiger partial charge in [-0.1, -0.05) is 0 Å². The fourth-order valence-corrected chi connectivity index (χ4v) is 2.91. The largest absolute Gasteiger partial charge is 0.492 e. The molecular weight excluding hydrogens is 376 g/mol. The summed E-state index contributed by atoms with van der Waals surface area (Å²) in [6, 6.07) is 6.99. The van der Waals surface area contributed by atoms with Crippen LogP contribution in [0.5, 0.6) is 11.5 Å². The molecule has 0 unspecified atom stereocenters. The Hall–Kier alpha value is -2.97. The van der Waals surface area contributed by atoms with Gasteiger partial charge in [-0.15, -0.1) is 0 Å². The summed E-state index contributed by atoms with van der Waals surface area (Å²) < 4.78 is 11.4. The first-order valence-electron chi connectivity index (χ1n) is 6.85. The topological polar surface area (TPSA) is 125 Å². The van der Waals surface area contributed by atoms with Gasteiger partial charge in [0.25, 0.3) is 5.56 Å². The maximum absolute atomic E-state index is 12.0. The highest BCUT2D eigenvalue weighted by molar-refractivity contribution is 9.10. The summed E-state index contributed by atoms with van der Waals surface area (Å²) in [5, 5.41) is 18.7. The molecule has 1 aromatic heterocycles. The van der Waals surface area contributed by atoms with Gasteiger partial charge in [0.1, 0.15) is 29.1 Å². The second-order valence-electron chi connectivity index (χ2n) is 4.64. The normalized spacial score (nSPS) is 9.88. The minimum absolute atomic E-state index is 0.0191. The molecule has 0 saturated carbocycles. The third-order valence-electron chi connectivity index (χ3n) is 3.27. The van der Waals surface area contributed by atoms with Crippen LogP contribution in [-0.4, -0.2) is 18.7 Å². The van der Waals surface area contributed by atoms with Crippen LogP contribution in [0.25, 0.3) is 11.1 Å². The predicted molar refractivity (Wildman–Crippen MR) is 91.8 cm³/mol. The maximum Gasteiger partial charge on any atom is 0.268 e. The Morgan fingerprint density at radius 2 is 1.96 bits per heavy atom. The summed E-state index contributed by atoms with van der Waals surface area (Å²) in [4.78, 5) is 14.3. The lowest BCUT2D eigenvalue weighted by molar-refractivity contribution is 0.310. The summed E-state index contributed by atoms with van der Waals surface area (Å²) in [7, 11) is 1.49. The Bertz CT molecular complexity index is 938. The van der Waals surface area contributed by atoms with E-state index in [2.05, 4.69) is 20.9 Å². The summed E-state index contributed by atoms with van der Waals surface area (Å²) in [6.07, 6.45) is 0. The van der Waals surface area contributed by atoms with Gasteiger partial charge in [-0.05, 0) is 40.5 Å². The molecule has 0 aliphatic carbocycles. The quantitative estimate of drug-likeness (QED) is 0.828. The predicted octanol–water partition coefficient (Wildman–Crippen LogP) is 2.54. The number of nitriles is 2. The Kier molecular flexibility index (Phi) is 5.12. The van der Waals surface area contributed by atoms with Gasteiger partial charge in [0.15, 0.2) is 11.5 Å². The highest BCUT2D eigenvalue weighted by Crippen LogP contribution is 2.41. The second-order valence-corrected chi connectivity index (χ2v) is 5.49. The van der Waals surface area contributed by atoms with Crippen molar-refractivity contribution in [2.75, 3.05) is 19.5 Å². The van der Waals surface area contributed by atoms with E-state index in [0.717, 1.165) is 0 Å². The SMILES string of the molecule is CCOc1cc(-c2c(C#N)c(N)[nH]c(=O)c2C#N)cc(Br)c1OC. The van der Waals surface area contributed by atoms with E-state index in [1.54, 1.807) is 12.1 Å². The molecule has 0 aliphatic rings. The molecule has 7 nitrogen and oxygen atoms in total. The number of ether oxygens (including phenoxy) is 2. The van der Waals surface area contributed by atoms with Crippen LogP contribution in [0.1, 0.15) is 18.1 Å². The zero-order chi connectivity index (χ0) is 17.9. The van der Waals surface area contributed by atoms with Crippen molar-refractivity contribution in [2.24, 2.45) is 0 Å². The zero-order valence-corrected chi connectivity index (χ0v) is 14.5. The van der Waals surface area contributed by atoms with Crippen molar-refractivity contribution in [3.63, 3.8) is 0 Å². The van der Waals surface area contributed by atoms with E-state index in [1.165, 1.54) is 7.11 Å². The first kappa shape index (κ1) is 17.4. The molecular formula is C16H13BrN4O3. The van der Waals surface area contributed by atoms with Crippen LogP contribution in [0.3, 0.4) is 0 Å². The number of aromatic nitrogens is 1. The van der Waals surface area contributed by atoms with Crippen LogP contribution in [0.2, 0.25) is 0 Å². The molecule has 0 atom stereocenters. The fraction of sp³-hybridized carbons (Fsp3) is 0.188. The second kappa shape index (κ2) is 7.07. The third kappa shape index (κ3) is 2.92. The molecule has 2 aromatic rings. The molecule has 3 N–H and O–H groups in total. The Labute approximate surface area is 146 Å². The number of pyridine rings is 1. The van der Waals surface area contributed by atoms with Crippen LogP contribution in [-0.2, 0) is 0 Å². The minimum atomic E-state index is -0.658. The van der Waals surface area contributed by atoms with Gasteiger partial charge in [-0.25, -0.2) is 0 Å². The van der Waals surface area contributed by atoms with Gasteiger partial charge in [0.2, 0.25) is 0 Å². The monoisotopic (exact) mass is 388 g/mol. The number of hydrogen-bond acceptors (Lipinski definition) is 6. The van der Waals surface area contributed by atoms with E-state index in [0.29, 0.717) is 28.1 Å². The fourth-order valence-electron chi connectivity index (χ4n) is 2.31. The lowest BCUT2D eigenvalue weighted by atomic mass is 9.96. The highest BCUT2D eigenvalue weighted by Gasteiger charge is 2.21. The molecule has 0 bridgehead atoms. The Balaban J connectivity index is 2.90. The van der Waals surface area contributed by atoms with Crippen LogP contribution < -0.4 is 20.8 Å². The number of methoxy groups -OCH3 is 1. The number of rotatable bonds is 4. The van der Waals surface area contributed by atoms with Gasteiger partial charge in [0, 0.05) is 5.56 Å². The Morgan fingerprint density at radius 3 is 2.50 bits per heavy atom. The van der Waals surface area contributed by atoms with Crippen molar-refractivity contribution in [3.05, 3.63) is 38.1 Å². The molecule has 0 fully saturated rings. The van der Waals surface area contributed by atoms with E-state index in [1.807, 2.05) is 19.1 Å². The van der Waals surface area contributed by atoms with E-state index >= 15 is 0 Å². The lowest BCUT2D eigenvalue weighted by Crippen LogP contribution is -2.16. The number of aromatic amines is 1. The summed E-state index contributed by atoms with van der Waals surface area (Å²) in [5.41, 5.74) is 5.50. The smallest absolute Gasteiger partial charge is 0.268 e. The summed E-state index contributed by atoms with van der Waals surface area (Å²) in [6.45, 7) is 2.20. The molecule has 24 heavy (non-hydrogen) atoms. The molecule has 0 amide bonds. The van der Waals surface area contributed by atoms with Crippen LogP contribution in [0.15, 0.2) is 21.4 Å². The van der Waals surface area contributed by atoms with Crippen molar-refractivity contribution >= 4 is 21.7 Å². The number of nitrogens with zero attached hydrogens (tertiary/aromatic N) is 2. The van der Waals surface area contributed by atoms with Crippen molar-refractivity contribution in [1.29, 1.82) is 10.5 Å². The average Bonchev–Trinajstić information content (AvgIpc) is 2.54. The third-order valence-corrected chi connectivity index (χ3v) is 3.86. The summed E-state index contributed by atoms with van der Waals surface area (Å²) >= 11 is 3.37. The molecule has 1 heterocycles. The number of benzene rings is 1. The van der Waals surface area contributed by atoms with Gasteiger partial charge in [-0.3, -0.25) is 4.79 Å². The lowest BCUT2D eigenvalue weighted by Gasteiger charge is -2.15. The number of hydrogen-bond donors (Lipinski definition) is 2. The van der Waals surface area contributed by atoms with Gasteiger partial charge >= 0.3 is 0 Å². The maximum atomic E-state index is 12.0. The number of H-pyrrole nitrogens is 1. The molecule has 2 rings (SSSR count). The molecule has 0 spiro atoms.